The third-order valence-corrected chi connectivity index (χ3v) is 8.12. The van der Waals surface area contributed by atoms with Gasteiger partial charge in [-0.25, -0.2) is 9.37 Å². The third kappa shape index (κ3) is 7.23. The quantitative estimate of drug-likeness (QED) is 0.277. The van der Waals surface area contributed by atoms with Crippen LogP contribution in [0.4, 0.5) is 42.2 Å². The molecule has 1 unspecified atom stereocenters. The SMILES string of the molecule is CC(=O)NCC1CCCN1c1cc(-c2ccc(F)cc2C)c(N(C)C(=O)C(C)(C)c2cc(C(F)(F)F)cc(C(F)(F)F)c2)cn1. The molecule has 2 amide bonds. The number of nitrogens with zero attached hydrogens (tertiary/aromatic N) is 3. The molecule has 6 nitrogen and oxygen atoms in total. The molecule has 0 saturated carbocycles. The first-order valence-electron chi connectivity index (χ1n) is 14.2. The van der Waals surface area contributed by atoms with Crippen molar-refractivity contribution in [1.82, 2.24) is 10.3 Å². The smallest absolute Gasteiger partial charge is 0.354 e. The van der Waals surface area contributed by atoms with E-state index in [9.17, 15) is 40.3 Å². The highest BCUT2D eigenvalue weighted by Crippen LogP contribution is 2.41. The summed E-state index contributed by atoms with van der Waals surface area (Å²) >= 11 is 0. The summed E-state index contributed by atoms with van der Waals surface area (Å²) in [6, 6.07) is 6.85. The van der Waals surface area contributed by atoms with Crippen LogP contribution in [-0.2, 0) is 27.4 Å². The number of likely N-dealkylation sites (N-methyl/N-ethyl adjacent to an activating group) is 1. The van der Waals surface area contributed by atoms with Crippen molar-refractivity contribution in [3.8, 4) is 11.1 Å². The van der Waals surface area contributed by atoms with Gasteiger partial charge in [-0.2, -0.15) is 26.3 Å². The van der Waals surface area contributed by atoms with E-state index in [1.165, 1.54) is 52.2 Å². The molecule has 1 saturated heterocycles. The van der Waals surface area contributed by atoms with Crippen molar-refractivity contribution < 1.29 is 40.3 Å². The Morgan fingerprint density at radius 2 is 1.56 bits per heavy atom. The average Bonchev–Trinajstić information content (AvgIpc) is 3.42. The van der Waals surface area contributed by atoms with Crippen molar-refractivity contribution in [1.29, 1.82) is 0 Å². The lowest BCUT2D eigenvalue weighted by atomic mass is 9.81. The number of nitrogens with one attached hydrogen (secondary N) is 1. The number of aromatic nitrogens is 1. The number of alkyl halides is 6. The molecule has 242 valence electrons. The van der Waals surface area contributed by atoms with Gasteiger partial charge in [-0.05, 0) is 86.7 Å². The highest BCUT2D eigenvalue weighted by atomic mass is 19.4. The molecular formula is C32H33F7N4O2. The predicted octanol–water partition coefficient (Wildman–Crippen LogP) is 7.28. The monoisotopic (exact) mass is 638 g/mol. The molecule has 3 aromatic rings. The lowest BCUT2D eigenvalue weighted by Crippen LogP contribution is -2.42. The van der Waals surface area contributed by atoms with E-state index >= 15 is 0 Å². The lowest BCUT2D eigenvalue weighted by molar-refractivity contribution is -0.143. The van der Waals surface area contributed by atoms with E-state index in [0.29, 0.717) is 47.7 Å². The van der Waals surface area contributed by atoms with Gasteiger partial charge >= 0.3 is 12.4 Å². The molecule has 2 aromatic carbocycles. The van der Waals surface area contributed by atoms with Gasteiger partial charge in [-0.1, -0.05) is 6.07 Å². The number of carbonyl (C=O) groups is 2. The number of hydrogen-bond donors (Lipinski definition) is 1. The summed E-state index contributed by atoms with van der Waals surface area (Å²) in [6.07, 6.45) is -7.13. The Kier molecular flexibility index (Phi) is 9.24. The van der Waals surface area contributed by atoms with Crippen molar-refractivity contribution in [2.24, 2.45) is 0 Å². The van der Waals surface area contributed by atoms with Gasteiger partial charge in [-0.3, -0.25) is 9.59 Å². The van der Waals surface area contributed by atoms with Crippen molar-refractivity contribution in [2.45, 2.75) is 64.3 Å². The Bertz CT molecular complexity index is 1570. The minimum Gasteiger partial charge on any atom is -0.354 e. The summed E-state index contributed by atoms with van der Waals surface area (Å²) in [5.74, 6) is -0.940. The number of anilines is 2. The van der Waals surface area contributed by atoms with Crippen LogP contribution in [0.1, 0.15) is 55.9 Å². The van der Waals surface area contributed by atoms with E-state index in [4.69, 9.17) is 0 Å². The highest BCUT2D eigenvalue weighted by Gasteiger charge is 2.41. The number of benzene rings is 2. The molecule has 0 spiro atoms. The van der Waals surface area contributed by atoms with E-state index in [1.807, 2.05) is 4.90 Å². The molecule has 1 aliphatic heterocycles. The van der Waals surface area contributed by atoms with Crippen molar-refractivity contribution in [2.75, 3.05) is 29.9 Å². The molecule has 1 aliphatic rings. The number of pyridine rings is 1. The van der Waals surface area contributed by atoms with E-state index < -0.39 is 46.2 Å². The fourth-order valence-electron chi connectivity index (χ4n) is 5.59. The Morgan fingerprint density at radius 3 is 2.11 bits per heavy atom. The predicted molar refractivity (Wildman–Crippen MR) is 156 cm³/mol. The van der Waals surface area contributed by atoms with Crippen LogP contribution in [0.15, 0.2) is 48.7 Å². The first-order valence-corrected chi connectivity index (χ1v) is 14.2. The second-order valence-electron chi connectivity index (χ2n) is 11.7. The summed E-state index contributed by atoms with van der Waals surface area (Å²) in [7, 11) is 1.36. The number of halogens is 7. The molecule has 0 aliphatic carbocycles. The number of amides is 2. The first kappa shape index (κ1) is 33.7. The Hall–Kier alpha value is -4.16. The minimum absolute atomic E-state index is 0.0172. The van der Waals surface area contributed by atoms with E-state index in [1.54, 1.807) is 13.0 Å². The molecule has 4 rings (SSSR count). The van der Waals surface area contributed by atoms with Gasteiger partial charge in [-0.15, -0.1) is 0 Å². The van der Waals surface area contributed by atoms with Crippen LogP contribution in [0.5, 0.6) is 0 Å². The average molecular weight is 639 g/mol. The molecule has 13 heteroatoms. The summed E-state index contributed by atoms with van der Waals surface area (Å²) in [4.78, 5) is 33.2. The van der Waals surface area contributed by atoms with Crippen LogP contribution >= 0.6 is 0 Å². The molecule has 45 heavy (non-hydrogen) atoms. The normalized spacial score (nSPS) is 15.7. The summed E-state index contributed by atoms with van der Waals surface area (Å²) in [6.45, 7) is 6.61. The fourth-order valence-corrected chi connectivity index (χ4v) is 5.59. The molecular weight excluding hydrogens is 605 g/mol. The van der Waals surface area contributed by atoms with E-state index in [0.717, 1.165) is 17.7 Å². The molecule has 2 heterocycles. The van der Waals surface area contributed by atoms with Gasteiger partial charge in [0, 0.05) is 38.7 Å². The van der Waals surface area contributed by atoms with Crippen LogP contribution in [0.2, 0.25) is 0 Å². The van der Waals surface area contributed by atoms with Crippen molar-refractivity contribution in [3.63, 3.8) is 0 Å². The van der Waals surface area contributed by atoms with Gasteiger partial charge < -0.3 is 15.1 Å². The zero-order chi connectivity index (χ0) is 33.5. The zero-order valence-electron chi connectivity index (χ0n) is 25.3. The Labute approximate surface area is 256 Å². The van der Waals surface area contributed by atoms with Crippen LogP contribution in [0.25, 0.3) is 11.1 Å². The summed E-state index contributed by atoms with van der Waals surface area (Å²) in [5.41, 5.74) is -3.62. The topological polar surface area (TPSA) is 65.5 Å². The fraction of sp³-hybridized carbons (Fsp3) is 0.406. The second-order valence-corrected chi connectivity index (χ2v) is 11.7. The molecule has 0 radical (unpaired) electrons. The van der Waals surface area contributed by atoms with E-state index in [2.05, 4.69) is 10.3 Å². The summed E-state index contributed by atoms with van der Waals surface area (Å²) in [5, 5.41) is 2.81. The summed E-state index contributed by atoms with van der Waals surface area (Å²) < 4.78 is 95.8. The highest BCUT2D eigenvalue weighted by molar-refractivity contribution is 6.03. The molecule has 0 bridgehead atoms. The van der Waals surface area contributed by atoms with Gasteiger partial charge in [0.1, 0.15) is 11.6 Å². The molecule has 1 aromatic heterocycles. The standard InChI is InChI=1S/C32H33F7N4O2/c1-18-11-23(33)8-9-25(18)26-15-28(43-10-6-7-24(43)16-40-19(2)44)41-17-27(26)42(5)29(45)30(3,4)20-12-21(31(34,35)36)14-22(13-20)32(37,38)39/h8-9,11-15,17,24H,6-7,10,16H2,1-5H3,(H,40,44). The van der Waals surface area contributed by atoms with E-state index in [-0.39, 0.29) is 23.7 Å². The third-order valence-electron chi connectivity index (χ3n) is 8.12. The maximum Gasteiger partial charge on any atom is 0.416 e. The maximum atomic E-state index is 14.1. The molecule has 1 atom stereocenters. The zero-order valence-corrected chi connectivity index (χ0v) is 25.3. The van der Waals surface area contributed by atoms with Gasteiger partial charge in [0.05, 0.1) is 28.4 Å². The number of aryl methyl sites for hydroxylation is 1. The van der Waals surface area contributed by atoms with Gasteiger partial charge in [0.15, 0.2) is 0 Å². The minimum atomic E-state index is -5.08. The largest absolute Gasteiger partial charge is 0.416 e. The second kappa shape index (κ2) is 12.3. The first-order chi connectivity index (χ1) is 20.8. The molecule has 1 fully saturated rings. The van der Waals surface area contributed by atoms with Crippen molar-refractivity contribution in [3.05, 3.63) is 76.7 Å². The van der Waals surface area contributed by atoms with Crippen LogP contribution in [-0.4, -0.2) is 43.0 Å². The van der Waals surface area contributed by atoms with Gasteiger partial charge in [0.25, 0.3) is 0 Å². The molecule has 1 N–H and O–H groups in total. The lowest BCUT2D eigenvalue weighted by Gasteiger charge is -2.33. The van der Waals surface area contributed by atoms with Crippen LogP contribution in [0.3, 0.4) is 0 Å². The van der Waals surface area contributed by atoms with Gasteiger partial charge in [0.2, 0.25) is 11.8 Å². The van der Waals surface area contributed by atoms with Crippen molar-refractivity contribution >= 4 is 23.3 Å². The van der Waals surface area contributed by atoms with Crippen LogP contribution in [0, 0.1) is 12.7 Å². The number of carbonyl (C=O) groups excluding carboxylic acids is 2. The number of rotatable bonds is 7. The Balaban J connectivity index is 1.81. The van der Waals surface area contributed by atoms with Crippen LogP contribution < -0.4 is 15.1 Å². The number of hydrogen-bond acceptors (Lipinski definition) is 4. The Morgan fingerprint density at radius 1 is 0.956 bits per heavy atom. The maximum absolute atomic E-state index is 14.1.